The lowest BCUT2D eigenvalue weighted by Gasteiger charge is -2.22. The first kappa shape index (κ1) is 11.8. The quantitative estimate of drug-likeness (QED) is 0.803. The van der Waals surface area contributed by atoms with Crippen LogP contribution in [-0.2, 0) is 4.79 Å². The number of aliphatic carboxylic acids is 1. The first-order valence-corrected chi connectivity index (χ1v) is 7.13. The zero-order chi connectivity index (χ0) is 11.4. The largest absolute Gasteiger partial charge is 0.479 e. The van der Waals surface area contributed by atoms with Gasteiger partial charge in [-0.15, -0.1) is 0 Å². The summed E-state index contributed by atoms with van der Waals surface area (Å²) < 4.78 is 0. The predicted molar refractivity (Wildman–Crippen MR) is 65.3 cm³/mol. The van der Waals surface area contributed by atoms with E-state index in [0.29, 0.717) is 6.42 Å². The zero-order valence-electron chi connectivity index (χ0n) is 8.55. The van der Waals surface area contributed by atoms with Gasteiger partial charge in [0, 0.05) is 6.20 Å². The third-order valence-corrected chi connectivity index (χ3v) is 5.29. The number of carboxylic acids is 1. The van der Waals surface area contributed by atoms with Crippen molar-refractivity contribution in [3.63, 3.8) is 0 Å². The summed E-state index contributed by atoms with van der Waals surface area (Å²) in [4.78, 5) is 14.5. The molecule has 1 aliphatic heterocycles. The molecule has 0 aromatic carbocycles. The van der Waals surface area contributed by atoms with Crippen LogP contribution >= 0.6 is 21.6 Å². The fourth-order valence-electron chi connectivity index (χ4n) is 1.52. The summed E-state index contributed by atoms with van der Waals surface area (Å²) in [6, 6.07) is 5.61. The van der Waals surface area contributed by atoms with Crippen LogP contribution in [0.4, 0.5) is 0 Å². The Morgan fingerprint density at radius 2 is 2.44 bits per heavy atom. The topological polar surface area (TPSA) is 62.2 Å². The Morgan fingerprint density at radius 3 is 3.00 bits per heavy atom. The first-order valence-electron chi connectivity index (χ1n) is 4.98. The van der Waals surface area contributed by atoms with Crippen LogP contribution in [0, 0.1) is 0 Å². The summed E-state index contributed by atoms with van der Waals surface area (Å²) in [7, 11) is 2.74. The van der Waals surface area contributed by atoms with Crippen molar-refractivity contribution in [2.75, 3.05) is 6.54 Å². The summed E-state index contributed by atoms with van der Waals surface area (Å²) in [5.41, 5.74) is 0. The second-order valence-corrected chi connectivity index (χ2v) is 5.95. The Bertz CT molecular complexity index is 366. The lowest BCUT2D eigenvalue weighted by Crippen LogP contribution is -2.43. The molecule has 0 aliphatic carbocycles. The van der Waals surface area contributed by atoms with Crippen molar-refractivity contribution in [2.45, 2.75) is 22.7 Å². The van der Waals surface area contributed by atoms with Crippen molar-refractivity contribution in [1.82, 2.24) is 10.3 Å². The molecule has 0 saturated carbocycles. The molecular formula is C10H12N2O2S2. The maximum Gasteiger partial charge on any atom is 0.335 e. The van der Waals surface area contributed by atoms with Crippen LogP contribution in [0.2, 0.25) is 0 Å². The molecule has 2 rings (SSSR count). The molecule has 6 heteroatoms. The lowest BCUT2D eigenvalue weighted by atomic mass is 10.2. The van der Waals surface area contributed by atoms with Gasteiger partial charge in [-0.2, -0.15) is 0 Å². The monoisotopic (exact) mass is 256 g/mol. The van der Waals surface area contributed by atoms with E-state index in [2.05, 4.69) is 10.3 Å². The summed E-state index contributed by atoms with van der Waals surface area (Å²) in [6.45, 7) is 0.766. The fourth-order valence-corrected chi connectivity index (χ4v) is 4.06. The molecule has 4 nitrogen and oxygen atoms in total. The Kier molecular flexibility index (Phi) is 3.73. The molecule has 16 heavy (non-hydrogen) atoms. The highest BCUT2D eigenvalue weighted by molar-refractivity contribution is 8.77. The highest BCUT2D eigenvalue weighted by atomic mass is 33.1. The lowest BCUT2D eigenvalue weighted by molar-refractivity contribution is -0.140. The Labute approximate surface area is 102 Å². The molecule has 0 bridgehead atoms. The standard InChI is InChI=1S/C10H12N2O2S2/c13-9(14)10(5-3-7-12-10)16-15-8-4-1-2-6-11-8/h1-2,4,6,12H,3,5,7H2,(H,13,14). The van der Waals surface area contributed by atoms with E-state index < -0.39 is 10.8 Å². The highest BCUT2D eigenvalue weighted by Gasteiger charge is 2.42. The smallest absolute Gasteiger partial charge is 0.335 e. The molecule has 2 heterocycles. The Hall–Kier alpha value is -0.720. The molecule has 0 spiro atoms. The summed E-state index contributed by atoms with van der Waals surface area (Å²) in [5, 5.41) is 13.1. The highest BCUT2D eigenvalue weighted by Crippen LogP contribution is 2.43. The SMILES string of the molecule is O=C(O)C1(SSc2ccccn2)CCCN1. The Balaban J connectivity index is 2.00. The van der Waals surface area contributed by atoms with Crippen LogP contribution in [-0.4, -0.2) is 27.5 Å². The number of aromatic nitrogens is 1. The number of carboxylic acid groups (broad SMARTS) is 1. The van der Waals surface area contributed by atoms with E-state index in [-0.39, 0.29) is 0 Å². The van der Waals surface area contributed by atoms with E-state index in [1.807, 2.05) is 18.2 Å². The second kappa shape index (κ2) is 5.07. The zero-order valence-corrected chi connectivity index (χ0v) is 10.2. The van der Waals surface area contributed by atoms with Gasteiger partial charge in [-0.05, 0) is 42.3 Å². The molecule has 0 amide bonds. The number of carbonyl (C=O) groups is 1. The molecule has 86 valence electrons. The summed E-state index contributed by atoms with van der Waals surface area (Å²) >= 11 is 0. The van der Waals surface area contributed by atoms with E-state index in [1.54, 1.807) is 6.20 Å². The number of nitrogens with zero attached hydrogens (tertiary/aromatic N) is 1. The molecular weight excluding hydrogens is 244 g/mol. The number of hydrogen-bond donors (Lipinski definition) is 2. The summed E-state index contributed by atoms with van der Waals surface area (Å²) in [5.74, 6) is -0.793. The number of rotatable bonds is 4. The van der Waals surface area contributed by atoms with Gasteiger partial charge in [-0.1, -0.05) is 16.9 Å². The molecule has 1 aliphatic rings. The third-order valence-electron chi connectivity index (χ3n) is 2.37. The predicted octanol–water partition coefficient (Wildman–Crippen LogP) is 1.99. The molecule has 1 aromatic heterocycles. The molecule has 1 saturated heterocycles. The van der Waals surface area contributed by atoms with Gasteiger partial charge in [-0.3, -0.25) is 5.32 Å². The van der Waals surface area contributed by atoms with Crippen LogP contribution in [0.1, 0.15) is 12.8 Å². The Morgan fingerprint density at radius 1 is 1.56 bits per heavy atom. The van der Waals surface area contributed by atoms with Crippen molar-refractivity contribution in [3.8, 4) is 0 Å². The van der Waals surface area contributed by atoms with Crippen LogP contribution in [0.5, 0.6) is 0 Å². The van der Waals surface area contributed by atoms with Gasteiger partial charge >= 0.3 is 5.97 Å². The van der Waals surface area contributed by atoms with Crippen molar-refractivity contribution in [2.24, 2.45) is 0 Å². The molecule has 2 N–H and O–H groups in total. The second-order valence-electron chi connectivity index (χ2n) is 3.50. The van der Waals surface area contributed by atoms with E-state index >= 15 is 0 Å². The van der Waals surface area contributed by atoms with Crippen molar-refractivity contribution in [3.05, 3.63) is 24.4 Å². The van der Waals surface area contributed by atoms with Crippen molar-refractivity contribution < 1.29 is 9.90 Å². The van der Waals surface area contributed by atoms with E-state index in [1.165, 1.54) is 21.6 Å². The van der Waals surface area contributed by atoms with Crippen LogP contribution < -0.4 is 5.32 Å². The van der Waals surface area contributed by atoms with Crippen molar-refractivity contribution in [1.29, 1.82) is 0 Å². The minimum Gasteiger partial charge on any atom is -0.479 e. The molecule has 1 unspecified atom stereocenters. The van der Waals surface area contributed by atoms with E-state index in [0.717, 1.165) is 18.0 Å². The maximum atomic E-state index is 11.2. The third kappa shape index (κ3) is 2.50. The average Bonchev–Trinajstić information content (AvgIpc) is 2.78. The number of hydrogen-bond acceptors (Lipinski definition) is 5. The van der Waals surface area contributed by atoms with Gasteiger partial charge in [0.15, 0.2) is 4.87 Å². The average molecular weight is 256 g/mol. The summed E-state index contributed by atoms with van der Waals surface area (Å²) in [6.07, 6.45) is 3.27. The van der Waals surface area contributed by atoms with E-state index in [4.69, 9.17) is 0 Å². The van der Waals surface area contributed by atoms with Gasteiger partial charge in [0.05, 0.1) is 0 Å². The van der Waals surface area contributed by atoms with Crippen molar-refractivity contribution >= 4 is 27.6 Å². The maximum absolute atomic E-state index is 11.2. The van der Waals surface area contributed by atoms with Gasteiger partial charge in [0.25, 0.3) is 0 Å². The van der Waals surface area contributed by atoms with Gasteiger partial charge in [0.1, 0.15) is 5.03 Å². The van der Waals surface area contributed by atoms with Gasteiger partial charge in [0.2, 0.25) is 0 Å². The number of nitrogens with one attached hydrogen (secondary N) is 1. The molecule has 1 atom stereocenters. The van der Waals surface area contributed by atoms with Crippen LogP contribution in [0.3, 0.4) is 0 Å². The van der Waals surface area contributed by atoms with Crippen LogP contribution in [0.15, 0.2) is 29.4 Å². The van der Waals surface area contributed by atoms with Gasteiger partial charge < -0.3 is 5.11 Å². The molecule has 1 fully saturated rings. The molecule has 1 aromatic rings. The minimum absolute atomic E-state index is 0.660. The number of pyridine rings is 1. The minimum atomic E-state index is -0.845. The fraction of sp³-hybridized carbons (Fsp3) is 0.400. The normalized spacial score (nSPS) is 24.5. The first-order chi connectivity index (χ1) is 7.73. The van der Waals surface area contributed by atoms with E-state index in [9.17, 15) is 9.90 Å². The molecule has 0 radical (unpaired) electrons. The van der Waals surface area contributed by atoms with Gasteiger partial charge in [-0.25, -0.2) is 9.78 Å². The van der Waals surface area contributed by atoms with Crippen LogP contribution in [0.25, 0.3) is 0 Å².